The van der Waals surface area contributed by atoms with Crippen LogP contribution in [0.1, 0.15) is 11.1 Å². The van der Waals surface area contributed by atoms with Crippen molar-refractivity contribution in [2.75, 3.05) is 7.11 Å². The van der Waals surface area contributed by atoms with Crippen LogP contribution in [-0.2, 0) is 13.2 Å². The first-order valence-corrected chi connectivity index (χ1v) is 8.97. The van der Waals surface area contributed by atoms with Gasteiger partial charge < -0.3 is 19.3 Å². The Morgan fingerprint density at radius 3 is 2.07 bits per heavy atom. The molecular weight excluding hydrogens is 387 g/mol. The van der Waals surface area contributed by atoms with Gasteiger partial charge in [-0.3, -0.25) is 0 Å². The van der Waals surface area contributed by atoms with Gasteiger partial charge in [0.25, 0.3) is 0 Å². The maximum Gasteiger partial charge on any atom is 0.161 e. The van der Waals surface area contributed by atoms with E-state index in [9.17, 15) is 5.11 Å². The molecule has 140 valence electrons. The van der Waals surface area contributed by atoms with Crippen molar-refractivity contribution in [3.8, 4) is 23.0 Å². The number of phenolic OH excluding ortho intramolecular Hbond substituents is 1. The average Bonchev–Trinajstić information content (AvgIpc) is 2.67. The average molecular weight is 405 g/mol. The van der Waals surface area contributed by atoms with Crippen molar-refractivity contribution >= 4 is 23.2 Å². The summed E-state index contributed by atoms with van der Waals surface area (Å²) in [5.74, 6) is 1.67. The van der Waals surface area contributed by atoms with E-state index in [-0.39, 0.29) is 12.4 Å². The van der Waals surface area contributed by atoms with Crippen molar-refractivity contribution in [3.63, 3.8) is 0 Å². The van der Waals surface area contributed by atoms with Gasteiger partial charge in [0.2, 0.25) is 0 Å². The smallest absolute Gasteiger partial charge is 0.161 e. The quantitative estimate of drug-likeness (QED) is 0.535. The number of rotatable bonds is 7. The van der Waals surface area contributed by atoms with Gasteiger partial charge in [0.15, 0.2) is 17.2 Å². The van der Waals surface area contributed by atoms with Crippen molar-refractivity contribution in [1.29, 1.82) is 0 Å². The SMILES string of the molecule is COc1ccc(COc2c(Cl)cc(COc3ccccc3O)cc2Cl)cc1. The zero-order valence-corrected chi connectivity index (χ0v) is 16.1. The number of halogens is 2. The lowest BCUT2D eigenvalue weighted by Crippen LogP contribution is -2.00. The first kappa shape index (κ1) is 19.2. The molecule has 0 aliphatic carbocycles. The van der Waals surface area contributed by atoms with Crippen LogP contribution >= 0.6 is 23.2 Å². The number of hydrogen-bond acceptors (Lipinski definition) is 4. The lowest BCUT2D eigenvalue weighted by Gasteiger charge is -2.13. The molecule has 4 nitrogen and oxygen atoms in total. The molecule has 0 saturated carbocycles. The Hall–Kier alpha value is -2.56. The van der Waals surface area contributed by atoms with Crippen molar-refractivity contribution < 1.29 is 19.3 Å². The summed E-state index contributed by atoms with van der Waals surface area (Å²) in [6.07, 6.45) is 0. The Morgan fingerprint density at radius 2 is 1.44 bits per heavy atom. The monoisotopic (exact) mass is 404 g/mol. The number of hydrogen-bond donors (Lipinski definition) is 1. The molecule has 0 aliphatic rings. The minimum Gasteiger partial charge on any atom is -0.504 e. The summed E-state index contributed by atoms with van der Waals surface area (Å²) in [7, 11) is 1.62. The van der Waals surface area contributed by atoms with Gasteiger partial charge in [-0.2, -0.15) is 0 Å². The summed E-state index contributed by atoms with van der Waals surface area (Å²) in [5, 5.41) is 10.5. The second kappa shape index (κ2) is 8.89. The maximum absolute atomic E-state index is 9.75. The summed E-state index contributed by atoms with van der Waals surface area (Å²) in [6.45, 7) is 0.549. The van der Waals surface area contributed by atoms with Crippen molar-refractivity contribution in [2.24, 2.45) is 0 Å². The summed E-state index contributed by atoms with van der Waals surface area (Å²) in [4.78, 5) is 0. The number of benzene rings is 3. The molecule has 0 radical (unpaired) electrons. The fourth-order valence-corrected chi connectivity index (χ4v) is 3.09. The number of aromatic hydroxyl groups is 1. The van der Waals surface area contributed by atoms with Gasteiger partial charge in [0, 0.05) is 0 Å². The van der Waals surface area contributed by atoms with E-state index in [1.165, 1.54) is 0 Å². The molecule has 0 aromatic heterocycles. The second-order valence-corrected chi connectivity index (χ2v) is 6.60. The highest BCUT2D eigenvalue weighted by Gasteiger charge is 2.11. The molecule has 27 heavy (non-hydrogen) atoms. The molecular formula is C21H18Cl2O4. The van der Waals surface area contributed by atoms with Crippen LogP contribution < -0.4 is 14.2 Å². The van der Waals surface area contributed by atoms with Crippen LogP contribution in [0.5, 0.6) is 23.0 Å². The summed E-state index contributed by atoms with van der Waals surface area (Å²) < 4.78 is 16.5. The van der Waals surface area contributed by atoms with Crippen LogP contribution in [0.15, 0.2) is 60.7 Å². The molecule has 6 heteroatoms. The fraction of sp³-hybridized carbons (Fsp3) is 0.143. The van der Waals surface area contributed by atoms with E-state index in [1.54, 1.807) is 43.5 Å². The summed E-state index contributed by atoms with van der Waals surface area (Å²) >= 11 is 12.7. The van der Waals surface area contributed by atoms with Crippen LogP contribution in [0.2, 0.25) is 10.0 Å². The Balaban J connectivity index is 1.66. The van der Waals surface area contributed by atoms with E-state index >= 15 is 0 Å². The number of methoxy groups -OCH3 is 1. The minimum absolute atomic E-state index is 0.0779. The maximum atomic E-state index is 9.75. The highest BCUT2D eigenvalue weighted by Crippen LogP contribution is 2.35. The molecule has 0 unspecified atom stereocenters. The fourth-order valence-electron chi connectivity index (χ4n) is 2.45. The van der Waals surface area contributed by atoms with Crippen molar-refractivity contribution in [2.45, 2.75) is 13.2 Å². The third-order valence-corrected chi connectivity index (χ3v) is 4.42. The highest BCUT2D eigenvalue weighted by atomic mass is 35.5. The first-order chi connectivity index (χ1) is 13.1. The van der Waals surface area contributed by atoms with Crippen molar-refractivity contribution in [1.82, 2.24) is 0 Å². The van der Waals surface area contributed by atoms with Crippen LogP contribution in [0, 0.1) is 0 Å². The molecule has 0 fully saturated rings. The van der Waals surface area contributed by atoms with E-state index < -0.39 is 0 Å². The molecule has 0 atom stereocenters. The van der Waals surface area contributed by atoms with Crippen LogP contribution in [0.25, 0.3) is 0 Å². The Morgan fingerprint density at radius 1 is 0.815 bits per heavy atom. The third kappa shape index (κ3) is 5.00. The van der Waals surface area contributed by atoms with Gasteiger partial charge in [0.05, 0.1) is 17.2 Å². The van der Waals surface area contributed by atoms with Gasteiger partial charge >= 0.3 is 0 Å². The normalized spacial score (nSPS) is 10.5. The van der Waals surface area contributed by atoms with Gasteiger partial charge in [-0.05, 0) is 47.5 Å². The second-order valence-electron chi connectivity index (χ2n) is 5.78. The molecule has 1 N–H and O–H groups in total. The summed E-state index contributed by atoms with van der Waals surface area (Å²) in [6, 6.07) is 17.8. The Bertz CT molecular complexity index is 887. The molecule has 0 aliphatic heterocycles. The minimum atomic E-state index is 0.0779. The zero-order valence-electron chi connectivity index (χ0n) is 14.6. The van der Waals surface area contributed by atoms with E-state index in [0.717, 1.165) is 16.9 Å². The van der Waals surface area contributed by atoms with E-state index in [0.29, 0.717) is 28.2 Å². The summed E-state index contributed by atoms with van der Waals surface area (Å²) in [5.41, 5.74) is 1.74. The largest absolute Gasteiger partial charge is 0.504 e. The van der Waals surface area contributed by atoms with E-state index in [1.807, 2.05) is 24.3 Å². The van der Waals surface area contributed by atoms with Gasteiger partial charge in [-0.15, -0.1) is 0 Å². The molecule has 0 spiro atoms. The molecule has 0 heterocycles. The lowest BCUT2D eigenvalue weighted by molar-refractivity contribution is 0.288. The Labute approximate surface area is 167 Å². The molecule has 3 aromatic rings. The predicted molar refractivity (Wildman–Crippen MR) is 106 cm³/mol. The van der Waals surface area contributed by atoms with Gasteiger partial charge in [0.1, 0.15) is 19.0 Å². The zero-order chi connectivity index (χ0) is 19.2. The van der Waals surface area contributed by atoms with Crippen LogP contribution in [0.3, 0.4) is 0 Å². The third-order valence-electron chi connectivity index (χ3n) is 3.86. The molecule has 3 aromatic carbocycles. The van der Waals surface area contributed by atoms with Gasteiger partial charge in [-0.25, -0.2) is 0 Å². The predicted octanol–water partition coefficient (Wildman–Crippen LogP) is 5.87. The number of ether oxygens (including phenoxy) is 3. The van der Waals surface area contributed by atoms with Gasteiger partial charge in [-0.1, -0.05) is 47.5 Å². The van der Waals surface area contributed by atoms with Crippen LogP contribution in [0.4, 0.5) is 0 Å². The number of para-hydroxylation sites is 2. The molecule has 3 rings (SSSR count). The molecule has 0 bridgehead atoms. The van der Waals surface area contributed by atoms with E-state index in [4.69, 9.17) is 37.4 Å². The highest BCUT2D eigenvalue weighted by molar-refractivity contribution is 6.37. The standard InChI is InChI=1S/C21H18Cl2O4/c1-25-16-8-6-14(7-9-16)12-27-21-17(22)10-15(11-18(21)23)13-26-20-5-3-2-4-19(20)24/h2-11,24H,12-13H2,1H3. The molecule has 0 amide bonds. The lowest BCUT2D eigenvalue weighted by atomic mass is 10.2. The topological polar surface area (TPSA) is 47.9 Å². The van der Waals surface area contributed by atoms with Crippen molar-refractivity contribution in [3.05, 3.63) is 81.8 Å². The number of phenols is 1. The molecule has 0 saturated heterocycles. The van der Waals surface area contributed by atoms with E-state index in [2.05, 4.69) is 0 Å². The Kier molecular flexibility index (Phi) is 6.32. The first-order valence-electron chi connectivity index (χ1n) is 8.21. The van der Waals surface area contributed by atoms with Crippen LogP contribution in [-0.4, -0.2) is 12.2 Å².